The average molecular weight is 470 g/mol. The number of anilines is 2. The molecule has 0 saturated carbocycles. The van der Waals surface area contributed by atoms with Crippen LogP contribution in [0.25, 0.3) is 0 Å². The van der Waals surface area contributed by atoms with Gasteiger partial charge in [-0.25, -0.2) is 8.42 Å². The van der Waals surface area contributed by atoms with Crippen LogP contribution < -0.4 is 14.9 Å². The summed E-state index contributed by atoms with van der Waals surface area (Å²) in [5.74, 6) is -0.850. The molecule has 160 valence electrons. The molecule has 1 aliphatic rings. The van der Waals surface area contributed by atoms with Gasteiger partial charge in [0.2, 0.25) is 11.8 Å². The molecule has 30 heavy (non-hydrogen) atoms. The minimum Gasteiger partial charge on any atom is -0.355 e. The third-order valence-corrected chi connectivity index (χ3v) is 7.33. The van der Waals surface area contributed by atoms with Gasteiger partial charge >= 0.3 is 0 Å². The van der Waals surface area contributed by atoms with Crippen LogP contribution in [0.2, 0.25) is 5.02 Å². The van der Waals surface area contributed by atoms with Crippen LogP contribution in [0.5, 0.6) is 0 Å². The Bertz CT molecular complexity index is 1110. The number of hydrogen-bond donors (Lipinski definition) is 2. The minimum atomic E-state index is -4.19. The van der Waals surface area contributed by atoms with E-state index >= 15 is 0 Å². The van der Waals surface area contributed by atoms with E-state index in [0.29, 0.717) is 27.5 Å². The van der Waals surface area contributed by atoms with Gasteiger partial charge in [-0.05, 0) is 49.2 Å². The number of sulfonamides is 1. The molecule has 1 atom stereocenters. The number of rotatable bonds is 6. The van der Waals surface area contributed by atoms with E-state index < -0.39 is 27.9 Å². The zero-order chi connectivity index (χ0) is 22.1. The first-order valence-electron chi connectivity index (χ1n) is 9.20. The largest absolute Gasteiger partial charge is 0.355 e. The van der Waals surface area contributed by atoms with Gasteiger partial charge in [-0.3, -0.25) is 13.9 Å². The normalized spacial score (nSPS) is 16.1. The molecule has 1 heterocycles. The molecule has 0 radical (unpaired) electrons. The van der Waals surface area contributed by atoms with Crippen molar-refractivity contribution in [2.75, 3.05) is 22.0 Å². The fraction of sp³-hybridized carbons (Fsp3) is 0.300. The summed E-state index contributed by atoms with van der Waals surface area (Å²) >= 11 is 11.7. The van der Waals surface area contributed by atoms with Crippen molar-refractivity contribution >= 4 is 56.4 Å². The predicted molar refractivity (Wildman–Crippen MR) is 118 cm³/mol. The fourth-order valence-corrected chi connectivity index (χ4v) is 5.55. The summed E-state index contributed by atoms with van der Waals surface area (Å²) in [6.45, 7) is 3.55. The zero-order valence-electron chi connectivity index (χ0n) is 16.4. The fourth-order valence-electron chi connectivity index (χ4n) is 3.31. The van der Waals surface area contributed by atoms with Crippen molar-refractivity contribution in [3.63, 3.8) is 0 Å². The number of benzene rings is 2. The molecule has 10 heteroatoms. The number of para-hydroxylation sites is 2. The second-order valence-electron chi connectivity index (χ2n) is 6.93. The van der Waals surface area contributed by atoms with Gasteiger partial charge in [0.1, 0.15) is 6.04 Å². The second kappa shape index (κ2) is 8.83. The summed E-state index contributed by atoms with van der Waals surface area (Å²) in [5, 5.41) is 5.71. The topological polar surface area (TPSA) is 95.6 Å². The van der Waals surface area contributed by atoms with Crippen LogP contribution in [0.3, 0.4) is 0 Å². The number of amides is 2. The molecule has 7 nitrogen and oxygen atoms in total. The van der Waals surface area contributed by atoms with Crippen LogP contribution in [-0.4, -0.2) is 38.7 Å². The van der Waals surface area contributed by atoms with Crippen molar-refractivity contribution in [1.82, 2.24) is 5.32 Å². The Morgan fingerprint density at radius 1 is 1.20 bits per heavy atom. The van der Waals surface area contributed by atoms with Gasteiger partial charge in [0.15, 0.2) is 0 Å². The highest BCUT2D eigenvalue weighted by molar-refractivity contribution is 7.93. The van der Waals surface area contributed by atoms with Gasteiger partial charge in [0.05, 0.1) is 22.7 Å². The Hall–Kier alpha value is -2.29. The summed E-state index contributed by atoms with van der Waals surface area (Å²) in [6.07, 6.45) is -0.345. The summed E-state index contributed by atoms with van der Waals surface area (Å²) in [7, 11) is -4.19. The van der Waals surface area contributed by atoms with Crippen LogP contribution in [0.15, 0.2) is 41.3 Å². The van der Waals surface area contributed by atoms with Crippen LogP contribution in [0.4, 0.5) is 11.4 Å². The van der Waals surface area contributed by atoms with Gasteiger partial charge < -0.3 is 10.6 Å². The molecular weight excluding hydrogens is 449 g/mol. The van der Waals surface area contributed by atoms with Crippen molar-refractivity contribution in [1.29, 1.82) is 0 Å². The number of carbonyl (C=O) groups excluding carboxylic acids is 2. The Kier molecular flexibility index (Phi) is 6.59. The van der Waals surface area contributed by atoms with E-state index in [1.807, 2.05) is 0 Å². The van der Waals surface area contributed by atoms with Crippen molar-refractivity contribution < 1.29 is 18.0 Å². The Balaban J connectivity index is 2.14. The van der Waals surface area contributed by atoms with Crippen molar-refractivity contribution in [2.24, 2.45) is 0 Å². The molecule has 0 unspecified atom stereocenters. The smallest absolute Gasteiger partial charge is 0.265 e. The van der Waals surface area contributed by atoms with Crippen molar-refractivity contribution in [3.8, 4) is 0 Å². The predicted octanol–water partition coefficient (Wildman–Crippen LogP) is 3.22. The SMILES string of the molecule is Cc1cc(S(=O)(=O)N2c3ccccc3NC(=O)[C@H]2CC(=O)NCCCl)c(C)cc1Cl. The molecule has 0 fully saturated rings. The second-order valence-corrected chi connectivity index (χ2v) is 9.50. The number of alkyl halides is 1. The van der Waals surface area contributed by atoms with E-state index in [1.165, 1.54) is 6.07 Å². The number of nitrogens with zero attached hydrogens (tertiary/aromatic N) is 1. The zero-order valence-corrected chi connectivity index (χ0v) is 18.7. The maximum atomic E-state index is 13.7. The molecule has 0 spiro atoms. The van der Waals surface area contributed by atoms with Crippen LogP contribution in [0.1, 0.15) is 17.5 Å². The molecule has 2 aromatic carbocycles. The average Bonchev–Trinajstić information content (AvgIpc) is 2.69. The third kappa shape index (κ3) is 4.26. The number of fused-ring (bicyclic) bond motifs is 1. The van der Waals surface area contributed by atoms with E-state index in [9.17, 15) is 18.0 Å². The molecule has 2 amide bonds. The lowest BCUT2D eigenvalue weighted by Gasteiger charge is -2.37. The summed E-state index contributed by atoms with van der Waals surface area (Å²) < 4.78 is 28.5. The highest BCUT2D eigenvalue weighted by Crippen LogP contribution is 2.38. The summed E-state index contributed by atoms with van der Waals surface area (Å²) in [6, 6.07) is 8.36. The molecular formula is C20H21Cl2N3O4S. The lowest BCUT2D eigenvalue weighted by atomic mass is 10.1. The highest BCUT2D eigenvalue weighted by atomic mass is 35.5. The Labute approximate surface area is 185 Å². The minimum absolute atomic E-state index is 0.0278. The maximum absolute atomic E-state index is 13.7. The van der Waals surface area contributed by atoms with Gasteiger partial charge in [-0.2, -0.15) is 0 Å². The van der Waals surface area contributed by atoms with Crippen molar-refractivity contribution in [3.05, 3.63) is 52.5 Å². The van der Waals surface area contributed by atoms with Crippen LogP contribution >= 0.6 is 23.2 Å². The lowest BCUT2D eigenvalue weighted by molar-refractivity contribution is -0.125. The number of nitrogens with one attached hydrogen (secondary N) is 2. The standard InChI is InChI=1S/C20H21Cl2N3O4S/c1-12-10-18(13(2)9-14(12)22)30(28,29)25-16-6-4-3-5-15(16)24-20(27)17(25)11-19(26)23-8-7-21/h3-6,9-10,17H,7-8,11H2,1-2H3,(H,23,26)(H,24,27)/t17-/m1/s1. The summed E-state index contributed by atoms with van der Waals surface area (Å²) in [4.78, 5) is 25.2. The molecule has 2 aromatic rings. The first-order chi connectivity index (χ1) is 14.2. The number of aryl methyl sites for hydroxylation is 2. The number of hydrogen-bond acceptors (Lipinski definition) is 4. The quantitative estimate of drug-likeness (QED) is 0.634. The maximum Gasteiger partial charge on any atom is 0.265 e. The third-order valence-electron chi connectivity index (χ3n) is 4.77. The van der Waals surface area contributed by atoms with Crippen LogP contribution in [-0.2, 0) is 19.6 Å². The van der Waals surface area contributed by atoms with E-state index in [-0.39, 0.29) is 23.7 Å². The first-order valence-corrected chi connectivity index (χ1v) is 11.6. The molecule has 2 N–H and O–H groups in total. The highest BCUT2D eigenvalue weighted by Gasteiger charge is 2.42. The monoisotopic (exact) mass is 469 g/mol. The lowest BCUT2D eigenvalue weighted by Crippen LogP contribution is -2.53. The first kappa shape index (κ1) is 22.4. The molecule has 0 saturated heterocycles. The summed E-state index contributed by atoms with van der Waals surface area (Å²) in [5.41, 5.74) is 1.68. The van der Waals surface area contributed by atoms with Crippen molar-refractivity contribution in [2.45, 2.75) is 31.2 Å². The van der Waals surface area contributed by atoms with Gasteiger partial charge in [-0.1, -0.05) is 23.7 Å². The van der Waals surface area contributed by atoms with Gasteiger partial charge in [0, 0.05) is 17.4 Å². The van der Waals surface area contributed by atoms with E-state index in [0.717, 1.165) is 4.31 Å². The molecule has 1 aliphatic heterocycles. The van der Waals surface area contributed by atoms with Crippen LogP contribution in [0, 0.1) is 13.8 Å². The number of halogens is 2. The van der Waals surface area contributed by atoms with Gasteiger partial charge in [0.25, 0.3) is 10.0 Å². The Morgan fingerprint density at radius 2 is 1.90 bits per heavy atom. The molecule has 3 rings (SSSR count). The molecule has 0 aromatic heterocycles. The molecule has 0 aliphatic carbocycles. The van der Waals surface area contributed by atoms with E-state index in [1.54, 1.807) is 44.2 Å². The number of carbonyl (C=O) groups is 2. The van der Waals surface area contributed by atoms with E-state index in [4.69, 9.17) is 23.2 Å². The van der Waals surface area contributed by atoms with E-state index in [2.05, 4.69) is 10.6 Å². The molecule has 0 bridgehead atoms. The Morgan fingerprint density at radius 3 is 2.60 bits per heavy atom. The van der Waals surface area contributed by atoms with Gasteiger partial charge in [-0.15, -0.1) is 11.6 Å².